The molecule has 0 fully saturated rings. The zero-order valence-corrected chi connectivity index (χ0v) is 16.3. The summed E-state index contributed by atoms with van der Waals surface area (Å²) in [6, 6.07) is 9.47. The normalized spacial score (nSPS) is 13.8. The quantitative estimate of drug-likeness (QED) is 0.489. The minimum absolute atomic E-state index is 0.246. The Hall–Kier alpha value is -3.11. The number of rotatable bonds is 5. The predicted molar refractivity (Wildman–Crippen MR) is 108 cm³/mol. The van der Waals surface area contributed by atoms with Crippen LogP contribution in [0.4, 0.5) is 5.00 Å². The highest BCUT2D eigenvalue weighted by Crippen LogP contribution is 2.39. The Balaban J connectivity index is 1.68. The molecule has 6 nitrogen and oxygen atoms in total. The molecule has 0 unspecified atom stereocenters. The highest BCUT2D eigenvalue weighted by Gasteiger charge is 2.26. The fourth-order valence-corrected chi connectivity index (χ4v) is 4.60. The van der Waals surface area contributed by atoms with Crippen molar-refractivity contribution in [2.45, 2.75) is 32.6 Å². The van der Waals surface area contributed by atoms with Crippen molar-refractivity contribution in [2.24, 2.45) is 0 Å². The Morgan fingerprint density at radius 2 is 2.21 bits per heavy atom. The highest BCUT2D eigenvalue weighted by atomic mass is 32.1. The first-order chi connectivity index (χ1) is 13.7. The number of nitriles is 1. The Morgan fingerprint density at radius 1 is 1.39 bits per heavy atom. The standard InChI is InChI=1S/C21H19N3O3S/c1-2-26-21(25)18-14-7-3-6-10-17(14)28-20(18)23-12-13(11-22)19-24-15-8-4-5-9-16(15)27-19/h4-5,8-9,12,23H,2-3,6-7,10H2,1H3. The minimum Gasteiger partial charge on any atom is -0.462 e. The van der Waals surface area contributed by atoms with Gasteiger partial charge in [-0.15, -0.1) is 11.3 Å². The molecule has 7 heteroatoms. The number of para-hydroxylation sites is 2. The topological polar surface area (TPSA) is 88.1 Å². The third kappa shape index (κ3) is 3.39. The Kier molecular flexibility index (Phi) is 5.13. The second-order valence-electron chi connectivity index (χ2n) is 6.44. The van der Waals surface area contributed by atoms with E-state index in [0.717, 1.165) is 31.2 Å². The third-order valence-electron chi connectivity index (χ3n) is 4.64. The number of carbonyl (C=O) groups is 1. The van der Waals surface area contributed by atoms with Crippen molar-refractivity contribution < 1.29 is 13.9 Å². The van der Waals surface area contributed by atoms with Gasteiger partial charge in [0.15, 0.2) is 5.58 Å². The molecule has 0 spiro atoms. The van der Waals surface area contributed by atoms with E-state index in [9.17, 15) is 10.1 Å². The first-order valence-electron chi connectivity index (χ1n) is 9.25. The number of fused-ring (bicyclic) bond motifs is 2. The molecule has 2 aromatic heterocycles. The van der Waals surface area contributed by atoms with Crippen molar-refractivity contribution in [3.05, 3.63) is 52.4 Å². The molecule has 0 amide bonds. The number of esters is 1. The zero-order valence-electron chi connectivity index (χ0n) is 15.4. The smallest absolute Gasteiger partial charge is 0.341 e. The summed E-state index contributed by atoms with van der Waals surface area (Å²) in [4.78, 5) is 18.1. The molecule has 1 aliphatic carbocycles. The molecule has 142 valence electrons. The molecule has 1 N–H and O–H groups in total. The van der Waals surface area contributed by atoms with Gasteiger partial charge in [-0.1, -0.05) is 12.1 Å². The van der Waals surface area contributed by atoms with E-state index in [4.69, 9.17) is 9.15 Å². The average Bonchev–Trinajstić information content (AvgIpc) is 3.29. The number of nitrogens with zero attached hydrogens (tertiary/aromatic N) is 2. The number of aryl methyl sites for hydroxylation is 1. The molecule has 4 rings (SSSR count). The molecule has 0 radical (unpaired) electrons. The zero-order chi connectivity index (χ0) is 19.5. The molecule has 0 bridgehead atoms. The van der Waals surface area contributed by atoms with Crippen molar-refractivity contribution in [2.75, 3.05) is 11.9 Å². The van der Waals surface area contributed by atoms with Crippen LogP contribution in [-0.2, 0) is 17.6 Å². The maximum atomic E-state index is 12.5. The number of benzene rings is 1. The second kappa shape index (κ2) is 7.87. The summed E-state index contributed by atoms with van der Waals surface area (Å²) in [6.07, 6.45) is 5.58. The largest absolute Gasteiger partial charge is 0.462 e. The summed E-state index contributed by atoms with van der Waals surface area (Å²) in [5, 5.41) is 13.4. The van der Waals surface area contributed by atoms with Gasteiger partial charge in [0.1, 0.15) is 22.2 Å². The van der Waals surface area contributed by atoms with E-state index >= 15 is 0 Å². The second-order valence-corrected chi connectivity index (χ2v) is 7.54. The van der Waals surface area contributed by atoms with Crippen molar-refractivity contribution >= 4 is 39.0 Å². The van der Waals surface area contributed by atoms with E-state index in [1.165, 1.54) is 4.88 Å². The van der Waals surface area contributed by atoms with Crippen LogP contribution in [0.5, 0.6) is 0 Å². The van der Waals surface area contributed by atoms with Crippen LogP contribution in [-0.4, -0.2) is 17.6 Å². The Morgan fingerprint density at radius 3 is 3.00 bits per heavy atom. The third-order valence-corrected chi connectivity index (χ3v) is 5.87. The summed E-state index contributed by atoms with van der Waals surface area (Å²) >= 11 is 1.55. The van der Waals surface area contributed by atoms with Gasteiger partial charge < -0.3 is 14.5 Å². The number of anilines is 1. The fraction of sp³-hybridized carbons (Fsp3) is 0.286. The lowest BCUT2D eigenvalue weighted by Gasteiger charge is -2.12. The maximum Gasteiger partial charge on any atom is 0.341 e. The summed E-state index contributed by atoms with van der Waals surface area (Å²) < 4.78 is 10.9. The first kappa shape index (κ1) is 18.3. The van der Waals surface area contributed by atoms with Crippen LogP contribution in [0.15, 0.2) is 34.9 Å². The Labute approximate surface area is 166 Å². The maximum absolute atomic E-state index is 12.5. The molecule has 28 heavy (non-hydrogen) atoms. The number of nitrogens with one attached hydrogen (secondary N) is 1. The molecule has 2 heterocycles. The number of hydrogen-bond acceptors (Lipinski definition) is 7. The molecule has 0 atom stereocenters. The summed E-state index contributed by atoms with van der Waals surface area (Å²) in [7, 11) is 0. The Bertz CT molecular complexity index is 1070. The molecule has 1 aromatic carbocycles. The lowest BCUT2D eigenvalue weighted by molar-refractivity contribution is 0.0526. The highest BCUT2D eigenvalue weighted by molar-refractivity contribution is 7.16. The van der Waals surface area contributed by atoms with Gasteiger partial charge in [0.05, 0.1) is 12.2 Å². The van der Waals surface area contributed by atoms with E-state index in [-0.39, 0.29) is 17.4 Å². The van der Waals surface area contributed by atoms with Gasteiger partial charge in [-0.05, 0) is 50.3 Å². The van der Waals surface area contributed by atoms with Crippen LogP contribution in [0.2, 0.25) is 0 Å². The summed E-state index contributed by atoms with van der Waals surface area (Å²) in [6.45, 7) is 2.12. The number of ether oxygens (including phenoxy) is 1. The van der Waals surface area contributed by atoms with Crippen LogP contribution < -0.4 is 5.32 Å². The van der Waals surface area contributed by atoms with E-state index in [1.807, 2.05) is 18.2 Å². The van der Waals surface area contributed by atoms with Crippen LogP contribution >= 0.6 is 11.3 Å². The fourth-order valence-electron chi connectivity index (χ4n) is 3.35. The van der Waals surface area contributed by atoms with Gasteiger partial charge in [-0.25, -0.2) is 9.78 Å². The number of hydrogen-bond donors (Lipinski definition) is 1. The van der Waals surface area contributed by atoms with Gasteiger partial charge in [0, 0.05) is 11.1 Å². The molecule has 3 aromatic rings. The molecule has 0 saturated heterocycles. The lowest BCUT2D eigenvalue weighted by Crippen LogP contribution is -2.10. The molecular formula is C21H19N3O3S. The number of thiophene rings is 1. The number of carbonyl (C=O) groups excluding carboxylic acids is 1. The van der Waals surface area contributed by atoms with E-state index in [1.54, 1.807) is 30.5 Å². The number of oxazole rings is 1. The van der Waals surface area contributed by atoms with Gasteiger partial charge in [-0.3, -0.25) is 0 Å². The summed E-state index contributed by atoms with van der Waals surface area (Å²) in [5.41, 5.74) is 3.24. The first-order valence-corrected chi connectivity index (χ1v) is 10.1. The SMILES string of the molecule is CCOC(=O)c1c(NC=C(C#N)c2nc3ccccc3o2)sc2c1CCCC2. The van der Waals surface area contributed by atoms with Gasteiger partial charge in [0.25, 0.3) is 0 Å². The van der Waals surface area contributed by atoms with E-state index < -0.39 is 0 Å². The number of allylic oxidation sites excluding steroid dienone is 1. The molecule has 0 saturated carbocycles. The van der Waals surface area contributed by atoms with Gasteiger partial charge >= 0.3 is 5.97 Å². The van der Waals surface area contributed by atoms with E-state index in [2.05, 4.69) is 16.4 Å². The van der Waals surface area contributed by atoms with Gasteiger partial charge in [-0.2, -0.15) is 5.26 Å². The monoisotopic (exact) mass is 393 g/mol. The average molecular weight is 393 g/mol. The minimum atomic E-state index is -0.321. The van der Waals surface area contributed by atoms with Crippen molar-refractivity contribution in [1.82, 2.24) is 4.98 Å². The van der Waals surface area contributed by atoms with Crippen molar-refractivity contribution in [1.29, 1.82) is 5.26 Å². The van der Waals surface area contributed by atoms with Gasteiger partial charge in [0.2, 0.25) is 5.89 Å². The van der Waals surface area contributed by atoms with Crippen LogP contribution in [0, 0.1) is 11.3 Å². The van der Waals surface area contributed by atoms with Crippen molar-refractivity contribution in [3.8, 4) is 6.07 Å². The summed E-state index contributed by atoms with van der Waals surface area (Å²) in [5.74, 6) is -0.0756. The molecule has 0 aliphatic heterocycles. The molecular weight excluding hydrogens is 374 g/mol. The van der Waals surface area contributed by atoms with E-state index in [0.29, 0.717) is 28.3 Å². The van der Waals surface area contributed by atoms with Crippen LogP contribution in [0.25, 0.3) is 16.7 Å². The van der Waals surface area contributed by atoms with Crippen molar-refractivity contribution in [3.63, 3.8) is 0 Å². The van der Waals surface area contributed by atoms with Crippen LogP contribution in [0.3, 0.4) is 0 Å². The van der Waals surface area contributed by atoms with Crippen LogP contribution in [0.1, 0.15) is 46.5 Å². The number of aromatic nitrogens is 1. The lowest BCUT2D eigenvalue weighted by atomic mass is 9.95. The molecule has 1 aliphatic rings. The predicted octanol–water partition coefficient (Wildman–Crippen LogP) is 4.92.